The van der Waals surface area contributed by atoms with E-state index in [4.69, 9.17) is 14.6 Å². The first-order valence-electron chi connectivity index (χ1n) is 5.82. The lowest BCUT2D eigenvalue weighted by Crippen LogP contribution is -2.61. The molecule has 0 radical (unpaired) electrons. The highest BCUT2D eigenvalue weighted by atomic mass is 16.6. The van der Waals surface area contributed by atoms with Gasteiger partial charge < -0.3 is 30.1 Å². The molecule has 1 aliphatic rings. The van der Waals surface area contributed by atoms with Crippen LogP contribution in [0, 0.1) is 0 Å². The average molecular weight is 263 g/mol. The van der Waals surface area contributed by atoms with Crippen molar-refractivity contribution < 1.29 is 29.6 Å². The van der Waals surface area contributed by atoms with E-state index in [1.165, 1.54) is 0 Å². The molecule has 0 saturated carbocycles. The van der Waals surface area contributed by atoms with E-state index in [-0.39, 0.29) is 13.2 Å². The first kappa shape index (κ1) is 15.2. The SMILES string of the molecule is CC(C)(C)OC(=O)N[C@H]1[C@@H](O)[C@@H](CO)OC[C@H]1O. The first-order chi connectivity index (χ1) is 8.24. The second-order valence-electron chi connectivity index (χ2n) is 5.28. The van der Waals surface area contributed by atoms with Gasteiger partial charge in [0.25, 0.3) is 0 Å². The fourth-order valence-corrected chi connectivity index (χ4v) is 1.67. The Bertz CT molecular complexity index is 290. The van der Waals surface area contributed by atoms with Crippen LogP contribution < -0.4 is 5.32 Å². The second-order valence-corrected chi connectivity index (χ2v) is 5.28. The van der Waals surface area contributed by atoms with Crippen molar-refractivity contribution in [3.05, 3.63) is 0 Å². The highest BCUT2D eigenvalue weighted by Gasteiger charge is 2.39. The number of alkyl carbamates (subject to hydrolysis) is 1. The van der Waals surface area contributed by atoms with E-state index in [1.54, 1.807) is 20.8 Å². The summed E-state index contributed by atoms with van der Waals surface area (Å²) in [6.07, 6.45) is -3.79. The zero-order valence-electron chi connectivity index (χ0n) is 10.8. The Labute approximate surface area is 106 Å². The molecule has 7 heteroatoms. The molecule has 1 amide bonds. The Morgan fingerprint density at radius 2 is 2.06 bits per heavy atom. The van der Waals surface area contributed by atoms with Crippen LogP contribution in [0.5, 0.6) is 0 Å². The van der Waals surface area contributed by atoms with Gasteiger partial charge in [0.15, 0.2) is 0 Å². The van der Waals surface area contributed by atoms with Crippen molar-refractivity contribution in [1.29, 1.82) is 0 Å². The molecule has 1 rings (SSSR count). The molecule has 1 heterocycles. The van der Waals surface area contributed by atoms with Gasteiger partial charge in [-0.25, -0.2) is 4.79 Å². The summed E-state index contributed by atoms with van der Waals surface area (Å²) in [4.78, 5) is 11.6. The molecule has 4 N–H and O–H groups in total. The number of amides is 1. The third-order valence-electron chi connectivity index (χ3n) is 2.51. The van der Waals surface area contributed by atoms with Gasteiger partial charge in [-0.15, -0.1) is 0 Å². The fourth-order valence-electron chi connectivity index (χ4n) is 1.67. The number of nitrogens with one attached hydrogen (secondary N) is 1. The molecule has 0 aromatic carbocycles. The van der Waals surface area contributed by atoms with E-state index in [1.807, 2.05) is 0 Å². The minimum Gasteiger partial charge on any atom is -0.444 e. The van der Waals surface area contributed by atoms with Crippen LogP contribution in [-0.4, -0.2) is 64.6 Å². The minimum absolute atomic E-state index is 0.0667. The molecule has 0 bridgehead atoms. The van der Waals surface area contributed by atoms with Crippen LogP contribution >= 0.6 is 0 Å². The van der Waals surface area contributed by atoms with E-state index >= 15 is 0 Å². The predicted molar refractivity (Wildman–Crippen MR) is 62.0 cm³/mol. The van der Waals surface area contributed by atoms with E-state index in [2.05, 4.69) is 5.32 Å². The Balaban J connectivity index is 2.60. The summed E-state index contributed by atoms with van der Waals surface area (Å²) in [6.45, 7) is 4.67. The summed E-state index contributed by atoms with van der Waals surface area (Å²) in [6, 6.07) is -0.925. The van der Waals surface area contributed by atoms with Gasteiger partial charge in [0.1, 0.15) is 23.9 Å². The van der Waals surface area contributed by atoms with Crippen molar-refractivity contribution in [2.24, 2.45) is 0 Å². The smallest absolute Gasteiger partial charge is 0.408 e. The average Bonchev–Trinajstić information content (AvgIpc) is 2.22. The van der Waals surface area contributed by atoms with Crippen molar-refractivity contribution in [1.82, 2.24) is 5.32 Å². The van der Waals surface area contributed by atoms with Gasteiger partial charge in [-0.05, 0) is 20.8 Å². The lowest BCUT2D eigenvalue weighted by atomic mass is 9.98. The van der Waals surface area contributed by atoms with Crippen LogP contribution in [0.4, 0.5) is 4.79 Å². The second kappa shape index (κ2) is 5.83. The lowest BCUT2D eigenvalue weighted by molar-refractivity contribution is -0.153. The van der Waals surface area contributed by atoms with Gasteiger partial charge in [0.2, 0.25) is 0 Å². The summed E-state index contributed by atoms with van der Waals surface area (Å²) in [5, 5.41) is 30.9. The Morgan fingerprint density at radius 1 is 1.44 bits per heavy atom. The summed E-state index contributed by atoms with van der Waals surface area (Å²) < 4.78 is 10.1. The van der Waals surface area contributed by atoms with Crippen molar-refractivity contribution >= 4 is 6.09 Å². The van der Waals surface area contributed by atoms with Crippen molar-refractivity contribution in [3.8, 4) is 0 Å². The molecule has 7 nitrogen and oxygen atoms in total. The molecule has 4 atom stereocenters. The molecule has 0 unspecified atom stereocenters. The Hall–Kier alpha value is -0.890. The highest BCUT2D eigenvalue weighted by molar-refractivity contribution is 5.68. The van der Waals surface area contributed by atoms with E-state index in [9.17, 15) is 15.0 Å². The number of carbonyl (C=O) groups excluding carboxylic acids is 1. The normalized spacial score (nSPS) is 33.0. The summed E-state index contributed by atoms with van der Waals surface area (Å²) in [5.41, 5.74) is -0.665. The maximum absolute atomic E-state index is 11.6. The number of aliphatic hydroxyl groups is 3. The third-order valence-corrected chi connectivity index (χ3v) is 2.51. The van der Waals surface area contributed by atoms with Gasteiger partial charge in [-0.3, -0.25) is 0 Å². The number of ether oxygens (including phenoxy) is 2. The number of carbonyl (C=O) groups is 1. The third kappa shape index (κ3) is 4.09. The van der Waals surface area contributed by atoms with Crippen LogP contribution in [0.2, 0.25) is 0 Å². The number of hydrogen-bond acceptors (Lipinski definition) is 6. The van der Waals surface area contributed by atoms with E-state index in [0.717, 1.165) is 0 Å². The number of aliphatic hydroxyl groups excluding tert-OH is 3. The van der Waals surface area contributed by atoms with Crippen LogP contribution in [0.1, 0.15) is 20.8 Å². The highest BCUT2D eigenvalue weighted by Crippen LogP contribution is 2.16. The molecule has 106 valence electrons. The maximum atomic E-state index is 11.6. The topological polar surface area (TPSA) is 108 Å². The molecule has 0 aromatic heterocycles. The van der Waals surface area contributed by atoms with Gasteiger partial charge >= 0.3 is 6.09 Å². The van der Waals surface area contributed by atoms with Crippen LogP contribution in [-0.2, 0) is 9.47 Å². The quantitative estimate of drug-likeness (QED) is 0.508. The van der Waals surface area contributed by atoms with E-state index in [0.29, 0.717) is 0 Å². The van der Waals surface area contributed by atoms with Crippen molar-refractivity contribution in [3.63, 3.8) is 0 Å². The van der Waals surface area contributed by atoms with Crippen LogP contribution in [0.3, 0.4) is 0 Å². The molecule has 1 aliphatic heterocycles. The summed E-state index contributed by atoms with van der Waals surface area (Å²) in [7, 11) is 0. The lowest BCUT2D eigenvalue weighted by Gasteiger charge is -2.37. The first-order valence-corrected chi connectivity index (χ1v) is 5.82. The molecule has 0 aliphatic carbocycles. The Morgan fingerprint density at radius 3 is 2.56 bits per heavy atom. The summed E-state index contributed by atoms with van der Waals surface area (Å²) in [5.74, 6) is 0. The fraction of sp³-hybridized carbons (Fsp3) is 0.909. The predicted octanol–water partition coefficient (Wildman–Crippen LogP) is -1.01. The maximum Gasteiger partial charge on any atom is 0.408 e. The van der Waals surface area contributed by atoms with Crippen molar-refractivity contribution in [2.45, 2.75) is 50.7 Å². The largest absolute Gasteiger partial charge is 0.444 e. The van der Waals surface area contributed by atoms with Crippen molar-refractivity contribution in [2.75, 3.05) is 13.2 Å². The molecule has 18 heavy (non-hydrogen) atoms. The zero-order valence-corrected chi connectivity index (χ0v) is 10.8. The minimum atomic E-state index is -1.19. The van der Waals surface area contributed by atoms with Gasteiger partial charge in [-0.1, -0.05) is 0 Å². The van der Waals surface area contributed by atoms with Gasteiger partial charge in [0.05, 0.1) is 19.3 Å². The van der Waals surface area contributed by atoms with Crippen LogP contribution in [0.25, 0.3) is 0 Å². The van der Waals surface area contributed by atoms with Gasteiger partial charge in [0, 0.05) is 0 Å². The molecule has 1 saturated heterocycles. The zero-order chi connectivity index (χ0) is 13.9. The van der Waals surface area contributed by atoms with E-state index < -0.39 is 36.0 Å². The monoisotopic (exact) mass is 263 g/mol. The molecular formula is C11H21NO6. The standard InChI is InChI=1S/C11H21NO6/c1-11(2,3)18-10(16)12-8-6(14)5-17-7(4-13)9(8)15/h6-9,13-15H,4-5H2,1-3H3,(H,12,16)/t6-,7-,8-,9+/m1/s1. The molecule has 0 spiro atoms. The van der Waals surface area contributed by atoms with Gasteiger partial charge in [-0.2, -0.15) is 0 Å². The number of hydrogen-bond donors (Lipinski definition) is 4. The molecule has 1 fully saturated rings. The molecular weight excluding hydrogens is 242 g/mol. The summed E-state index contributed by atoms with van der Waals surface area (Å²) >= 11 is 0. The molecule has 0 aromatic rings. The Kier molecular flexibility index (Phi) is 4.92. The van der Waals surface area contributed by atoms with Crippen LogP contribution in [0.15, 0.2) is 0 Å². The number of rotatable bonds is 2.